The Bertz CT molecular complexity index is 895. The van der Waals surface area contributed by atoms with Gasteiger partial charge in [-0.3, -0.25) is 10.1 Å². The minimum absolute atomic E-state index is 0.0375. The highest BCUT2D eigenvalue weighted by atomic mass is 16.6. The fraction of sp³-hybridized carbons (Fsp3) is 0.263. The number of fused-ring (bicyclic) bond motifs is 1. The molecule has 0 fully saturated rings. The minimum atomic E-state index is -0.400. The Morgan fingerprint density at radius 3 is 2.56 bits per heavy atom. The number of nitrogens with one attached hydrogen (secondary N) is 1. The third-order valence-corrected chi connectivity index (χ3v) is 3.83. The Morgan fingerprint density at radius 2 is 1.88 bits per heavy atom. The van der Waals surface area contributed by atoms with Crippen molar-refractivity contribution < 1.29 is 4.92 Å². The van der Waals surface area contributed by atoms with Gasteiger partial charge in [-0.2, -0.15) is 0 Å². The predicted molar refractivity (Wildman–Crippen MR) is 98.5 cm³/mol. The van der Waals surface area contributed by atoms with Crippen molar-refractivity contribution in [3.05, 3.63) is 70.0 Å². The van der Waals surface area contributed by atoms with Crippen LogP contribution >= 0.6 is 0 Å². The summed E-state index contributed by atoms with van der Waals surface area (Å²) in [5, 5.41) is 15.1. The molecule has 0 spiro atoms. The van der Waals surface area contributed by atoms with Crippen molar-refractivity contribution in [2.45, 2.75) is 26.8 Å². The van der Waals surface area contributed by atoms with Gasteiger partial charge in [0.25, 0.3) is 5.69 Å². The molecule has 1 aromatic heterocycles. The van der Waals surface area contributed by atoms with E-state index in [0.29, 0.717) is 29.2 Å². The molecule has 0 unspecified atom stereocenters. The van der Waals surface area contributed by atoms with E-state index >= 15 is 0 Å². The van der Waals surface area contributed by atoms with E-state index in [2.05, 4.69) is 29.1 Å². The van der Waals surface area contributed by atoms with Crippen molar-refractivity contribution >= 4 is 22.4 Å². The van der Waals surface area contributed by atoms with E-state index in [4.69, 9.17) is 0 Å². The van der Waals surface area contributed by atoms with Crippen LogP contribution in [-0.4, -0.2) is 14.9 Å². The Kier molecular flexibility index (Phi) is 4.88. The zero-order valence-electron chi connectivity index (χ0n) is 14.3. The van der Waals surface area contributed by atoms with Crippen LogP contribution in [0.2, 0.25) is 0 Å². The molecule has 0 saturated heterocycles. The van der Waals surface area contributed by atoms with Crippen molar-refractivity contribution in [3.63, 3.8) is 0 Å². The quantitative estimate of drug-likeness (QED) is 0.534. The summed E-state index contributed by atoms with van der Waals surface area (Å²) in [6.45, 7) is 4.82. The maximum Gasteiger partial charge on any atom is 0.270 e. The molecule has 6 nitrogen and oxygen atoms in total. The molecule has 128 valence electrons. The molecule has 6 heteroatoms. The van der Waals surface area contributed by atoms with E-state index in [1.807, 2.05) is 30.3 Å². The van der Waals surface area contributed by atoms with Crippen molar-refractivity contribution in [1.82, 2.24) is 9.97 Å². The van der Waals surface area contributed by atoms with Gasteiger partial charge in [0.05, 0.1) is 10.4 Å². The molecule has 0 aliphatic heterocycles. The molecule has 0 atom stereocenters. The molecular formula is C19H20N4O2. The molecule has 0 bridgehead atoms. The first-order valence-electron chi connectivity index (χ1n) is 8.26. The first-order chi connectivity index (χ1) is 12.0. The number of hydrogen-bond acceptors (Lipinski definition) is 5. The maximum absolute atomic E-state index is 11.1. The van der Waals surface area contributed by atoms with Crippen LogP contribution in [0.3, 0.4) is 0 Å². The first kappa shape index (κ1) is 16.8. The highest BCUT2D eigenvalue weighted by Crippen LogP contribution is 2.26. The molecule has 0 aliphatic rings. The van der Waals surface area contributed by atoms with Gasteiger partial charge in [0.15, 0.2) is 0 Å². The Balaban J connectivity index is 2.01. The summed E-state index contributed by atoms with van der Waals surface area (Å²) in [5.74, 6) is 1.80. The van der Waals surface area contributed by atoms with Crippen LogP contribution in [0, 0.1) is 16.0 Å². The summed E-state index contributed by atoms with van der Waals surface area (Å²) in [5.41, 5.74) is 1.87. The molecule has 2 aromatic carbocycles. The second-order valence-corrected chi connectivity index (χ2v) is 6.38. The number of anilines is 1. The molecule has 3 rings (SSSR count). The zero-order valence-corrected chi connectivity index (χ0v) is 14.3. The minimum Gasteiger partial charge on any atom is -0.365 e. The van der Waals surface area contributed by atoms with Crippen LogP contribution in [0.4, 0.5) is 11.5 Å². The first-order valence-corrected chi connectivity index (χ1v) is 8.26. The average molecular weight is 336 g/mol. The third kappa shape index (κ3) is 4.09. The average Bonchev–Trinajstić information content (AvgIpc) is 2.59. The normalized spacial score (nSPS) is 11.0. The number of nitro groups is 1. The van der Waals surface area contributed by atoms with E-state index in [-0.39, 0.29) is 5.69 Å². The van der Waals surface area contributed by atoms with Gasteiger partial charge in [-0.15, -0.1) is 0 Å². The number of nitro benzene ring substituents is 1. The number of aromatic nitrogens is 2. The van der Waals surface area contributed by atoms with Gasteiger partial charge in [0.1, 0.15) is 11.6 Å². The Labute approximate surface area is 146 Å². The van der Waals surface area contributed by atoms with Gasteiger partial charge < -0.3 is 5.32 Å². The molecule has 0 saturated carbocycles. The molecule has 25 heavy (non-hydrogen) atoms. The fourth-order valence-electron chi connectivity index (χ4n) is 2.65. The smallest absolute Gasteiger partial charge is 0.270 e. The van der Waals surface area contributed by atoms with Crippen LogP contribution in [0.25, 0.3) is 10.9 Å². The van der Waals surface area contributed by atoms with Gasteiger partial charge in [-0.05, 0) is 17.5 Å². The second-order valence-electron chi connectivity index (χ2n) is 6.38. The summed E-state index contributed by atoms with van der Waals surface area (Å²) in [4.78, 5) is 19.9. The summed E-state index contributed by atoms with van der Waals surface area (Å²) in [6, 6.07) is 14.7. The van der Waals surface area contributed by atoms with Gasteiger partial charge in [-0.25, -0.2) is 9.97 Å². The zero-order chi connectivity index (χ0) is 17.8. The van der Waals surface area contributed by atoms with Crippen LogP contribution in [-0.2, 0) is 13.0 Å². The molecule has 0 radical (unpaired) electrons. The van der Waals surface area contributed by atoms with Crippen molar-refractivity contribution in [2.75, 3.05) is 5.32 Å². The summed E-state index contributed by atoms with van der Waals surface area (Å²) in [7, 11) is 0. The second kappa shape index (κ2) is 7.25. The third-order valence-electron chi connectivity index (χ3n) is 3.83. The molecular weight excluding hydrogens is 316 g/mol. The molecule has 3 aromatic rings. The lowest BCUT2D eigenvalue weighted by atomic mass is 10.1. The van der Waals surface area contributed by atoms with E-state index in [1.54, 1.807) is 6.07 Å². The lowest BCUT2D eigenvalue weighted by Crippen LogP contribution is -2.07. The molecule has 1 N–H and O–H groups in total. The van der Waals surface area contributed by atoms with Crippen molar-refractivity contribution in [2.24, 2.45) is 5.92 Å². The standard InChI is InChI=1S/C19H20N4O2/c1-13(2)10-18-21-17-9-8-15(23(24)25)11-16(17)19(22-18)20-12-14-6-4-3-5-7-14/h3-9,11,13H,10,12H2,1-2H3,(H,20,21,22). The monoisotopic (exact) mass is 336 g/mol. The van der Waals surface area contributed by atoms with E-state index in [0.717, 1.165) is 17.8 Å². The van der Waals surface area contributed by atoms with E-state index in [9.17, 15) is 10.1 Å². The Morgan fingerprint density at radius 1 is 1.12 bits per heavy atom. The molecule has 0 amide bonds. The largest absolute Gasteiger partial charge is 0.365 e. The number of nitrogens with zero attached hydrogens (tertiary/aromatic N) is 3. The fourth-order valence-corrected chi connectivity index (χ4v) is 2.65. The van der Waals surface area contributed by atoms with Crippen LogP contribution in [0.15, 0.2) is 48.5 Å². The van der Waals surface area contributed by atoms with E-state index in [1.165, 1.54) is 12.1 Å². The van der Waals surface area contributed by atoms with Crippen LogP contribution in [0.5, 0.6) is 0 Å². The Hall–Kier alpha value is -3.02. The molecule has 0 aliphatic carbocycles. The van der Waals surface area contributed by atoms with Crippen molar-refractivity contribution in [3.8, 4) is 0 Å². The lowest BCUT2D eigenvalue weighted by molar-refractivity contribution is -0.384. The lowest BCUT2D eigenvalue weighted by Gasteiger charge is -2.12. The van der Waals surface area contributed by atoms with Gasteiger partial charge in [0.2, 0.25) is 0 Å². The number of hydrogen-bond donors (Lipinski definition) is 1. The SMILES string of the molecule is CC(C)Cc1nc(NCc2ccccc2)c2cc([N+](=O)[O-])ccc2n1. The van der Waals surface area contributed by atoms with Crippen molar-refractivity contribution in [1.29, 1.82) is 0 Å². The van der Waals surface area contributed by atoms with Gasteiger partial charge in [-0.1, -0.05) is 44.2 Å². The predicted octanol–water partition coefficient (Wildman–Crippen LogP) is 4.35. The van der Waals surface area contributed by atoms with Crippen LogP contribution in [0.1, 0.15) is 25.2 Å². The maximum atomic E-state index is 11.1. The highest BCUT2D eigenvalue weighted by molar-refractivity contribution is 5.90. The van der Waals surface area contributed by atoms with Gasteiger partial charge >= 0.3 is 0 Å². The number of non-ortho nitro benzene ring substituents is 1. The topological polar surface area (TPSA) is 81.0 Å². The molecule has 1 heterocycles. The van der Waals surface area contributed by atoms with Gasteiger partial charge in [0, 0.05) is 30.5 Å². The van der Waals surface area contributed by atoms with E-state index < -0.39 is 4.92 Å². The number of rotatable bonds is 6. The summed E-state index contributed by atoms with van der Waals surface area (Å²) >= 11 is 0. The number of benzene rings is 2. The summed E-state index contributed by atoms with van der Waals surface area (Å²) < 4.78 is 0. The summed E-state index contributed by atoms with van der Waals surface area (Å²) in [6.07, 6.45) is 0.757. The highest BCUT2D eigenvalue weighted by Gasteiger charge is 2.13. The van der Waals surface area contributed by atoms with Crippen LogP contribution < -0.4 is 5.32 Å².